The molecule has 0 aromatic rings. The maximum Gasteiger partial charge on any atom is 0.242 e. The van der Waals surface area contributed by atoms with E-state index in [0.29, 0.717) is 19.8 Å². The van der Waals surface area contributed by atoms with Crippen molar-refractivity contribution in [2.24, 2.45) is 5.73 Å². The normalized spacial score (nSPS) is 21.2. The van der Waals surface area contributed by atoms with Gasteiger partial charge in [0.25, 0.3) is 0 Å². The Morgan fingerprint density at radius 2 is 2.33 bits per heavy atom. The van der Waals surface area contributed by atoms with Crippen LogP contribution in [0.15, 0.2) is 0 Å². The number of nitrogens with zero attached hydrogens (tertiary/aromatic N) is 1. The summed E-state index contributed by atoms with van der Waals surface area (Å²) in [4.78, 5) is 24.2. The lowest BCUT2D eigenvalue weighted by atomic mass is 10.2. The zero-order valence-corrected chi connectivity index (χ0v) is 8.86. The van der Waals surface area contributed by atoms with Crippen LogP contribution in [0.25, 0.3) is 0 Å². The number of hydrogen-bond donors (Lipinski definition) is 2. The summed E-state index contributed by atoms with van der Waals surface area (Å²) < 4.78 is 5.21. The van der Waals surface area contributed by atoms with Gasteiger partial charge in [0.1, 0.15) is 0 Å². The van der Waals surface area contributed by atoms with Crippen LogP contribution in [-0.2, 0) is 14.3 Å². The minimum Gasteiger partial charge on any atom is -0.377 e. The van der Waals surface area contributed by atoms with Crippen molar-refractivity contribution in [3.63, 3.8) is 0 Å². The Balaban J connectivity index is 2.35. The smallest absolute Gasteiger partial charge is 0.242 e. The van der Waals surface area contributed by atoms with Crippen LogP contribution in [0.3, 0.4) is 0 Å². The fourth-order valence-electron chi connectivity index (χ4n) is 1.45. The van der Waals surface area contributed by atoms with Gasteiger partial charge in [0.15, 0.2) is 0 Å². The van der Waals surface area contributed by atoms with Gasteiger partial charge in [0, 0.05) is 6.54 Å². The van der Waals surface area contributed by atoms with Crippen molar-refractivity contribution in [2.45, 2.75) is 13.0 Å². The van der Waals surface area contributed by atoms with Crippen LogP contribution in [-0.4, -0.2) is 55.6 Å². The highest BCUT2D eigenvalue weighted by Crippen LogP contribution is 2.05. The minimum absolute atomic E-state index is 0.0143. The van der Waals surface area contributed by atoms with Gasteiger partial charge in [-0.1, -0.05) is 0 Å². The van der Waals surface area contributed by atoms with Gasteiger partial charge in [0.05, 0.1) is 32.3 Å². The number of carbonyl (C=O) groups is 2. The third-order valence-electron chi connectivity index (χ3n) is 2.31. The number of morpholine rings is 1. The first-order valence-electron chi connectivity index (χ1n) is 4.99. The average Bonchev–Trinajstić information content (AvgIpc) is 2.26. The Kier molecular flexibility index (Phi) is 4.51. The van der Waals surface area contributed by atoms with Crippen molar-refractivity contribution in [1.29, 1.82) is 0 Å². The number of nitrogens with two attached hydrogens (primary N) is 1. The maximum absolute atomic E-state index is 11.6. The maximum atomic E-state index is 11.6. The van der Waals surface area contributed by atoms with Crippen LogP contribution < -0.4 is 11.1 Å². The van der Waals surface area contributed by atoms with Gasteiger partial charge in [0.2, 0.25) is 11.8 Å². The van der Waals surface area contributed by atoms with Gasteiger partial charge in [-0.05, 0) is 6.92 Å². The van der Waals surface area contributed by atoms with E-state index in [2.05, 4.69) is 5.32 Å². The molecule has 0 radical (unpaired) electrons. The van der Waals surface area contributed by atoms with Gasteiger partial charge in [-0.3, -0.25) is 9.59 Å². The number of carbonyl (C=O) groups excluding carboxylic acids is 2. The first kappa shape index (κ1) is 11.9. The lowest BCUT2D eigenvalue weighted by Crippen LogP contribution is -2.50. The lowest BCUT2D eigenvalue weighted by molar-refractivity contribution is -0.139. The van der Waals surface area contributed by atoms with E-state index < -0.39 is 0 Å². The predicted molar refractivity (Wildman–Crippen MR) is 54.1 cm³/mol. The van der Waals surface area contributed by atoms with Crippen molar-refractivity contribution in [1.82, 2.24) is 10.2 Å². The molecule has 0 spiro atoms. The quantitative estimate of drug-likeness (QED) is 0.588. The predicted octanol–water partition coefficient (Wildman–Crippen LogP) is -1.69. The summed E-state index contributed by atoms with van der Waals surface area (Å²) in [6.07, 6.45) is 0. The van der Waals surface area contributed by atoms with E-state index in [4.69, 9.17) is 10.5 Å². The van der Waals surface area contributed by atoms with Crippen molar-refractivity contribution in [2.75, 3.05) is 32.8 Å². The molecule has 0 aliphatic carbocycles. The van der Waals surface area contributed by atoms with Crippen LogP contribution in [0.1, 0.15) is 6.92 Å². The molecule has 0 saturated carbocycles. The molecule has 0 unspecified atom stereocenters. The van der Waals surface area contributed by atoms with Crippen LogP contribution in [0, 0.1) is 0 Å². The van der Waals surface area contributed by atoms with Crippen LogP contribution in [0.5, 0.6) is 0 Å². The minimum atomic E-state index is -0.315. The van der Waals surface area contributed by atoms with Crippen molar-refractivity contribution >= 4 is 11.8 Å². The molecule has 6 nitrogen and oxygen atoms in total. The Hall–Kier alpha value is -1.14. The molecule has 1 atom stereocenters. The standard InChI is InChI=1S/C9H17N3O3/c1-7-6-15-3-2-12(7)9(14)5-11-8(13)4-10/h7H,2-6,10H2,1H3,(H,11,13)/t7-/m1/s1. The fourth-order valence-corrected chi connectivity index (χ4v) is 1.45. The molecule has 0 bridgehead atoms. The van der Waals surface area contributed by atoms with E-state index in [1.807, 2.05) is 6.92 Å². The van der Waals surface area contributed by atoms with Gasteiger partial charge in [-0.2, -0.15) is 0 Å². The third-order valence-corrected chi connectivity index (χ3v) is 2.31. The molecular formula is C9H17N3O3. The number of hydrogen-bond acceptors (Lipinski definition) is 4. The second-order valence-electron chi connectivity index (χ2n) is 3.49. The first-order valence-corrected chi connectivity index (χ1v) is 4.99. The van der Waals surface area contributed by atoms with E-state index >= 15 is 0 Å². The van der Waals surface area contributed by atoms with Crippen LogP contribution >= 0.6 is 0 Å². The fraction of sp³-hybridized carbons (Fsp3) is 0.778. The molecule has 1 saturated heterocycles. The van der Waals surface area contributed by atoms with E-state index in [-0.39, 0.29) is 30.9 Å². The van der Waals surface area contributed by atoms with Crippen molar-refractivity contribution in [3.8, 4) is 0 Å². The summed E-state index contributed by atoms with van der Waals surface area (Å²) in [6.45, 7) is 3.53. The molecule has 1 rings (SSSR count). The summed E-state index contributed by atoms with van der Waals surface area (Å²) in [5, 5.41) is 2.45. The van der Waals surface area contributed by atoms with E-state index in [1.165, 1.54) is 0 Å². The van der Waals surface area contributed by atoms with Crippen molar-refractivity contribution in [3.05, 3.63) is 0 Å². The van der Waals surface area contributed by atoms with Crippen molar-refractivity contribution < 1.29 is 14.3 Å². The topological polar surface area (TPSA) is 84.7 Å². The molecule has 86 valence electrons. The largest absolute Gasteiger partial charge is 0.377 e. The monoisotopic (exact) mass is 215 g/mol. The summed E-state index contributed by atoms with van der Waals surface area (Å²) in [5.41, 5.74) is 5.11. The molecule has 6 heteroatoms. The van der Waals surface area contributed by atoms with Gasteiger partial charge in [-0.25, -0.2) is 0 Å². The summed E-state index contributed by atoms with van der Waals surface area (Å²) in [7, 11) is 0. The molecule has 2 amide bonds. The summed E-state index contributed by atoms with van der Waals surface area (Å²) >= 11 is 0. The number of ether oxygens (including phenoxy) is 1. The Bertz CT molecular complexity index is 245. The average molecular weight is 215 g/mol. The van der Waals surface area contributed by atoms with Crippen LogP contribution in [0.2, 0.25) is 0 Å². The SMILES string of the molecule is C[C@@H]1COCCN1C(=O)CNC(=O)CN. The number of nitrogens with one attached hydrogen (secondary N) is 1. The molecule has 15 heavy (non-hydrogen) atoms. The second-order valence-corrected chi connectivity index (χ2v) is 3.49. The van der Waals surface area contributed by atoms with Gasteiger partial charge >= 0.3 is 0 Å². The zero-order chi connectivity index (χ0) is 11.3. The Labute approximate surface area is 88.7 Å². The van der Waals surface area contributed by atoms with E-state index in [1.54, 1.807) is 4.90 Å². The molecule has 1 fully saturated rings. The molecule has 1 aliphatic rings. The molecule has 0 aromatic heterocycles. The van der Waals surface area contributed by atoms with Gasteiger partial charge in [-0.15, -0.1) is 0 Å². The van der Waals surface area contributed by atoms with E-state index in [0.717, 1.165) is 0 Å². The Morgan fingerprint density at radius 1 is 1.60 bits per heavy atom. The first-order chi connectivity index (χ1) is 7.15. The summed E-state index contributed by atoms with van der Waals surface area (Å²) in [5.74, 6) is -0.406. The second kappa shape index (κ2) is 5.67. The van der Waals surface area contributed by atoms with Crippen LogP contribution in [0.4, 0.5) is 0 Å². The molecule has 3 N–H and O–H groups in total. The lowest BCUT2D eigenvalue weighted by Gasteiger charge is -2.33. The Morgan fingerprint density at radius 3 is 2.93 bits per heavy atom. The highest BCUT2D eigenvalue weighted by atomic mass is 16.5. The number of rotatable bonds is 3. The highest BCUT2D eigenvalue weighted by molar-refractivity contribution is 5.85. The highest BCUT2D eigenvalue weighted by Gasteiger charge is 2.23. The molecule has 1 aliphatic heterocycles. The molecular weight excluding hydrogens is 198 g/mol. The molecule has 1 heterocycles. The molecule has 0 aromatic carbocycles. The van der Waals surface area contributed by atoms with E-state index in [9.17, 15) is 9.59 Å². The van der Waals surface area contributed by atoms with Gasteiger partial charge < -0.3 is 20.7 Å². The third kappa shape index (κ3) is 3.49. The summed E-state index contributed by atoms with van der Waals surface area (Å²) in [6, 6.07) is 0.0704. The zero-order valence-electron chi connectivity index (χ0n) is 8.86. The number of amides is 2.